The van der Waals surface area contributed by atoms with Gasteiger partial charge in [-0.25, -0.2) is 14.8 Å². The molecule has 2 aromatic carbocycles. The number of nitrogens with zero attached hydrogens (tertiary/aromatic N) is 4. The smallest absolute Gasteiger partial charge is 0.319 e. The predicted molar refractivity (Wildman–Crippen MR) is 138 cm³/mol. The summed E-state index contributed by atoms with van der Waals surface area (Å²) in [4.78, 5) is 23.7. The summed E-state index contributed by atoms with van der Waals surface area (Å²) in [5.74, 6) is 1.43. The number of carbonyl (C=O) groups excluding carboxylic acids is 1. The molecule has 0 radical (unpaired) electrons. The number of amides is 2. The van der Waals surface area contributed by atoms with E-state index in [9.17, 15) is 10.1 Å². The van der Waals surface area contributed by atoms with Crippen LogP contribution in [0.5, 0.6) is 11.5 Å². The summed E-state index contributed by atoms with van der Waals surface area (Å²) in [5.41, 5.74) is 3.05. The van der Waals surface area contributed by atoms with Gasteiger partial charge in [0.2, 0.25) is 5.95 Å². The molecule has 1 aliphatic heterocycles. The number of anilines is 3. The molecule has 0 bridgehead atoms. The highest BCUT2D eigenvalue weighted by atomic mass is 16.5. The Morgan fingerprint density at radius 2 is 1.86 bits per heavy atom. The van der Waals surface area contributed by atoms with Crippen molar-refractivity contribution in [2.45, 2.75) is 18.9 Å². The van der Waals surface area contributed by atoms with Crippen molar-refractivity contribution >= 4 is 23.4 Å². The molecule has 4 rings (SSSR count). The molecule has 1 aromatic heterocycles. The fraction of sp³-hybridized carbons (Fsp3) is 0.308. The highest BCUT2D eigenvalue weighted by Crippen LogP contribution is 2.28. The largest absolute Gasteiger partial charge is 0.497 e. The van der Waals surface area contributed by atoms with Gasteiger partial charge in [0.25, 0.3) is 0 Å². The van der Waals surface area contributed by atoms with Gasteiger partial charge in [0.1, 0.15) is 17.6 Å². The zero-order valence-corrected chi connectivity index (χ0v) is 20.5. The Labute approximate surface area is 210 Å². The third-order valence-corrected chi connectivity index (χ3v) is 5.98. The lowest BCUT2D eigenvalue weighted by Gasteiger charge is -2.29. The van der Waals surface area contributed by atoms with Crippen molar-refractivity contribution < 1.29 is 14.3 Å². The van der Waals surface area contributed by atoms with E-state index >= 15 is 0 Å². The summed E-state index contributed by atoms with van der Waals surface area (Å²) in [6.45, 7) is 1.93. The average Bonchev–Trinajstić information content (AvgIpc) is 2.89. The Hall–Kier alpha value is -4.36. The summed E-state index contributed by atoms with van der Waals surface area (Å²) in [6.07, 6.45) is 3.48. The predicted octanol–water partition coefficient (Wildman–Crippen LogP) is 3.99. The Morgan fingerprint density at radius 1 is 1.08 bits per heavy atom. The molecule has 0 saturated carbocycles. The van der Waals surface area contributed by atoms with E-state index in [0.29, 0.717) is 40.1 Å². The average molecular weight is 488 g/mol. The quantitative estimate of drug-likeness (QED) is 0.457. The number of piperidine rings is 1. The van der Waals surface area contributed by atoms with Crippen LogP contribution < -0.4 is 25.4 Å². The van der Waals surface area contributed by atoms with Gasteiger partial charge in [-0.05, 0) is 63.3 Å². The number of methoxy groups -OCH3 is 2. The van der Waals surface area contributed by atoms with Crippen LogP contribution in [0.1, 0.15) is 18.4 Å². The summed E-state index contributed by atoms with van der Waals surface area (Å²) in [7, 11) is 5.17. The van der Waals surface area contributed by atoms with Crippen molar-refractivity contribution in [2.24, 2.45) is 0 Å². The van der Waals surface area contributed by atoms with E-state index in [4.69, 9.17) is 9.47 Å². The lowest BCUT2D eigenvalue weighted by Crippen LogP contribution is -2.44. The first kappa shape index (κ1) is 24.8. The Balaban J connectivity index is 1.49. The molecule has 2 amide bonds. The number of hydrogen-bond acceptors (Lipinski definition) is 8. The molecular formula is C26H29N7O3. The summed E-state index contributed by atoms with van der Waals surface area (Å²) in [6, 6.07) is 14.4. The van der Waals surface area contributed by atoms with Gasteiger partial charge >= 0.3 is 6.03 Å². The third kappa shape index (κ3) is 6.20. The summed E-state index contributed by atoms with van der Waals surface area (Å²) >= 11 is 0. The van der Waals surface area contributed by atoms with Gasteiger partial charge in [-0.3, -0.25) is 0 Å². The van der Waals surface area contributed by atoms with Gasteiger partial charge in [-0.15, -0.1) is 0 Å². The number of ether oxygens (including phenoxy) is 2. The van der Waals surface area contributed by atoms with E-state index in [-0.39, 0.29) is 12.1 Å². The van der Waals surface area contributed by atoms with Gasteiger partial charge in [0.05, 0.1) is 25.5 Å². The molecule has 186 valence electrons. The highest BCUT2D eigenvalue weighted by Gasteiger charge is 2.18. The van der Waals surface area contributed by atoms with Gasteiger partial charge in [0, 0.05) is 41.3 Å². The number of urea groups is 1. The minimum atomic E-state index is -0.255. The van der Waals surface area contributed by atoms with Crippen LogP contribution in [0.15, 0.2) is 48.7 Å². The van der Waals surface area contributed by atoms with Crippen LogP contribution in [0, 0.1) is 11.3 Å². The molecule has 1 aliphatic rings. The Bertz CT molecular complexity index is 1270. The molecule has 3 N–H and O–H groups in total. The maximum atomic E-state index is 12.6. The van der Waals surface area contributed by atoms with Crippen LogP contribution in [-0.4, -0.2) is 61.3 Å². The molecule has 0 atom stereocenters. The SMILES string of the molecule is COc1cc(NC(=O)NC2CCN(C)CC2)cc(Nc2nccc(-c3ccc(OC)c(C#N)c3)n2)c1. The van der Waals surface area contributed by atoms with Gasteiger partial charge < -0.3 is 30.3 Å². The van der Waals surface area contributed by atoms with Crippen molar-refractivity contribution in [3.8, 4) is 28.8 Å². The van der Waals surface area contributed by atoms with Crippen molar-refractivity contribution in [1.82, 2.24) is 20.2 Å². The number of carbonyl (C=O) groups is 1. The van der Waals surface area contributed by atoms with E-state index in [1.807, 2.05) is 6.07 Å². The van der Waals surface area contributed by atoms with Crippen molar-refractivity contribution in [3.63, 3.8) is 0 Å². The van der Waals surface area contributed by atoms with Gasteiger partial charge in [0.15, 0.2) is 0 Å². The van der Waals surface area contributed by atoms with E-state index in [1.54, 1.807) is 49.7 Å². The van der Waals surface area contributed by atoms with E-state index in [1.165, 1.54) is 7.11 Å². The summed E-state index contributed by atoms with van der Waals surface area (Å²) < 4.78 is 10.6. The molecule has 1 fully saturated rings. The topological polar surface area (TPSA) is 124 Å². The number of nitriles is 1. The number of rotatable bonds is 7. The van der Waals surface area contributed by atoms with Crippen molar-refractivity contribution in [1.29, 1.82) is 5.26 Å². The van der Waals surface area contributed by atoms with Crippen LogP contribution in [-0.2, 0) is 0 Å². The first-order valence-corrected chi connectivity index (χ1v) is 11.6. The van der Waals surface area contributed by atoms with Crippen molar-refractivity contribution in [3.05, 3.63) is 54.2 Å². The van der Waals surface area contributed by atoms with Crippen molar-refractivity contribution in [2.75, 3.05) is 45.0 Å². The first-order chi connectivity index (χ1) is 17.5. The second kappa shape index (κ2) is 11.4. The zero-order chi connectivity index (χ0) is 25.5. The van der Waals surface area contributed by atoms with E-state index in [2.05, 4.69) is 43.9 Å². The number of likely N-dealkylation sites (tertiary alicyclic amines) is 1. The first-order valence-electron chi connectivity index (χ1n) is 11.6. The normalized spacial score (nSPS) is 13.9. The minimum Gasteiger partial charge on any atom is -0.497 e. The minimum absolute atomic E-state index is 0.153. The summed E-state index contributed by atoms with van der Waals surface area (Å²) in [5, 5.41) is 18.5. The Morgan fingerprint density at radius 3 is 2.58 bits per heavy atom. The number of nitrogens with one attached hydrogen (secondary N) is 3. The fourth-order valence-electron chi connectivity index (χ4n) is 4.03. The van der Waals surface area contributed by atoms with Gasteiger partial charge in [-0.2, -0.15) is 5.26 Å². The molecule has 2 heterocycles. The molecule has 0 unspecified atom stereocenters. The standard InChI is InChI=1S/C26H29N7O3/c1-33-10-7-19(8-11-33)30-26(34)31-21-13-20(14-22(15-21)35-2)29-25-28-9-6-23(32-25)17-4-5-24(36-3)18(12-17)16-27/h4-6,9,12-15,19H,7-8,10-11H2,1-3H3,(H,28,29,32)(H2,30,31,34). The molecule has 3 aromatic rings. The van der Waals surface area contributed by atoms with Crippen LogP contribution >= 0.6 is 0 Å². The van der Waals surface area contributed by atoms with Crippen LogP contribution in [0.3, 0.4) is 0 Å². The fourth-order valence-corrected chi connectivity index (χ4v) is 4.03. The molecule has 0 aliphatic carbocycles. The molecule has 1 saturated heterocycles. The van der Waals surface area contributed by atoms with E-state index < -0.39 is 0 Å². The maximum absolute atomic E-state index is 12.6. The monoisotopic (exact) mass is 487 g/mol. The lowest BCUT2D eigenvalue weighted by atomic mass is 10.1. The molecule has 10 nitrogen and oxygen atoms in total. The Kier molecular flexibility index (Phi) is 7.82. The lowest BCUT2D eigenvalue weighted by molar-refractivity contribution is 0.221. The van der Waals surface area contributed by atoms with Crippen LogP contribution in [0.2, 0.25) is 0 Å². The zero-order valence-electron chi connectivity index (χ0n) is 20.5. The second-order valence-corrected chi connectivity index (χ2v) is 8.54. The van der Waals surface area contributed by atoms with E-state index in [0.717, 1.165) is 31.5 Å². The van der Waals surface area contributed by atoms with Gasteiger partial charge in [-0.1, -0.05) is 0 Å². The molecule has 0 spiro atoms. The molecule has 36 heavy (non-hydrogen) atoms. The number of benzene rings is 2. The maximum Gasteiger partial charge on any atom is 0.319 e. The number of aromatic nitrogens is 2. The molecule has 10 heteroatoms. The molecular weight excluding hydrogens is 458 g/mol. The third-order valence-electron chi connectivity index (χ3n) is 5.98. The van der Waals surface area contributed by atoms with Crippen LogP contribution in [0.25, 0.3) is 11.3 Å². The van der Waals surface area contributed by atoms with Crippen LogP contribution in [0.4, 0.5) is 22.1 Å². The number of hydrogen-bond donors (Lipinski definition) is 3. The highest BCUT2D eigenvalue weighted by molar-refractivity contribution is 5.90. The second-order valence-electron chi connectivity index (χ2n) is 8.54.